The Labute approximate surface area is 103 Å². The molecule has 2 rings (SSSR count). The summed E-state index contributed by atoms with van der Waals surface area (Å²) in [5, 5.41) is 0. The molecule has 17 heavy (non-hydrogen) atoms. The van der Waals surface area contributed by atoms with E-state index in [4.69, 9.17) is 9.47 Å². The molecule has 1 aromatic rings. The van der Waals surface area contributed by atoms with Gasteiger partial charge in [-0.25, -0.2) is 0 Å². The normalized spacial score (nSPS) is 28.4. The maximum atomic E-state index is 5.86. The Bertz CT molecular complexity index is 381. The third-order valence-electron chi connectivity index (χ3n) is 2.83. The highest BCUT2D eigenvalue weighted by molar-refractivity contribution is 5.49. The molecule has 0 aromatic heterocycles. The Balaban J connectivity index is 2.01. The minimum atomic E-state index is -0.242. The Morgan fingerprint density at radius 2 is 1.94 bits per heavy atom. The summed E-state index contributed by atoms with van der Waals surface area (Å²) in [6.45, 7) is 6.30. The highest BCUT2D eigenvalue weighted by Crippen LogP contribution is 2.28. The summed E-state index contributed by atoms with van der Waals surface area (Å²) in [4.78, 5) is 0. The summed E-state index contributed by atoms with van der Waals surface area (Å²) < 4.78 is 11.6. The van der Waals surface area contributed by atoms with Crippen LogP contribution in [0.1, 0.15) is 32.8 Å². The van der Waals surface area contributed by atoms with Crippen LogP contribution in [0.15, 0.2) is 36.4 Å². The van der Waals surface area contributed by atoms with Crippen LogP contribution in [0.3, 0.4) is 0 Å². The number of benzene rings is 1. The van der Waals surface area contributed by atoms with Gasteiger partial charge in [-0.3, -0.25) is 0 Å². The average molecular weight is 232 g/mol. The first-order chi connectivity index (χ1) is 8.05. The third-order valence-corrected chi connectivity index (χ3v) is 2.83. The van der Waals surface area contributed by atoms with Crippen molar-refractivity contribution < 1.29 is 9.47 Å². The van der Waals surface area contributed by atoms with Crippen molar-refractivity contribution in [2.75, 3.05) is 0 Å². The van der Waals surface area contributed by atoms with Gasteiger partial charge in [0, 0.05) is 6.42 Å². The third kappa shape index (κ3) is 3.69. The first-order valence-electron chi connectivity index (χ1n) is 6.12. The number of hydrogen-bond donors (Lipinski definition) is 0. The largest absolute Gasteiger partial charge is 0.346 e. The van der Waals surface area contributed by atoms with Crippen LogP contribution in [0.2, 0.25) is 0 Å². The van der Waals surface area contributed by atoms with Gasteiger partial charge in [0.15, 0.2) is 6.29 Å². The molecule has 1 aliphatic heterocycles. The molecule has 2 atom stereocenters. The standard InChI is InChI=1S/C15H20O2/c1-12-11-15(2,3)17-14(16-12)10-9-13-7-5-4-6-8-13/h4-10,12,14H,11H2,1-3H3. The lowest BCUT2D eigenvalue weighted by Gasteiger charge is -2.38. The van der Waals surface area contributed by atoms with Crippen molar-refractivity contribution in [1.29, 1.82) is 0 Å². The molecule has 0 aliphatic carbocycles. The molecule has 0 radical (unpaired) electrons. The Morgan fingerprint density at radius 3 is 2.59 bits per heavy atom. The quantitative estimate of drug-likeness (QED) is 0.775. The summed E-state index contributed by atoms with van der Waals surface area (Å²) >= 11 is 0. The maximum absolute atomic E-state index is 5.86. The topological polar surface area (TPSA) is 18.5 Å². The maximum Gasteiger partial charge on any atom is 0.178 e. The van der Waals surface area contributed by atoms with Crippen LogP contribution in [0.4, 0.5) is 0 Å². The van der Waals surface area contributed by atoms with E-state index in [-0.39, 0.29) is 18.0 Å². The summed E-state index contributed by atoms with van der Waals surface area (Å²) in [5.74, 6) is 0. The van der Waals surface area contributed by atoms with Crippen molar-refractivity contribution in [2.45, 2.75) is 45.2 Å². The van der Waals surface area contributed by atoms with E-state index in [1.165, 1.54) is 0 Å². The summed E-state index contributed by atoms with van der Waals surface area (Å²) in [7, 11) is 0. The molecule has 0 saturated carbocycles. The van der Waals surface area contributed by atoms with E-state index in [1.54, 1.807) is 0 Å². The molecular formula is C15H20O2. The summed E-state index contributed by atoms with van der Waals surface area (Å²) in [5.41, 5.74) is 1.05. The van der Waals surface area contributed by atoms with Crippen LogP contribution in [-0.4, -0.2) is 18.0 Å². The van der Waals surface area contributed by atoms with Crippen molar-refractivity contribution in [2.24, 2.45) is 0 Å². The number of hydrogen-bond acceptors (Lipinski definition) is 2. The van der Waals surface area contributed by atoms with E-state index in [0.29, 0.717) is 0 Å². The fourth-order valence-electron chi connectivity index (χ4n) is 2.20. The average Bonchev–Trinajstić information content (AvgIpc) is 2.25. The molecule has 1 aliphatic rings. The van der Waals surface area contributed by atoms with Gasteiger partial charge in [0.05, 0.1) is 11.7 Å². The number of ether oxygens (including phenoxy) is 2. The molecule has 1 aromatic carbocycles. The van der Waals surface area contributed by atoms with Crippen LogP contribution in [0.5, 0.6) is 0 Å². The van der Waals surface area contributed by atoms with Crippen LogP contribution in [0.25, 0.3) is 6.08 Å². The van der Waals surface area contributed by atoms with E-state index in [9.17, 15) is 0 Å². The molecule has 0 bridgehead atoms. The van der Waals surface area contributed by atoms with Gasteiger partial charge in [0.25, 0.3) is 0 Å². The SMILES string of the molecule is CC1CC(C)(C)OC(C=Cc2ccccc2)O1. The molecule has 2 heteroatoms. The van der Waals surface area contributed by atoms with E-state index >= 15 is 0 Å². The van der Waals surface area contributed by atoms with Gasteiger partial charge in [-0.1, -0.05) is 36.4 Å². The van der Waals surface area contributed by atoms with Gasteiger partial charge in [-0.2, -0.15) is 0 Å². The molecule has 0 N–H and O–H groups in total. The first kappa shape index (κ1) is 12.3. The molecule has 1 heterocycles. The molecule has 2 nitrogen and oxygen atoms in total. The van der Waals surface area contributed by atoms with Gasteiger partial charge in [0.1, 0.15) is 0 Å². The predicted molar refractivity (Wildman–Crippen MR) is 69.6 cm³/mol. The lowest BCUT2D eigenvalue weighted by atomic mass is 10.00. The van der Waals surface area contributed by atoms with Crippen LogP contribution in [-0.2, 0) is 9.47 Å². The van der Waals surface area contributed by atoms with Crippen molar-refractivity contribution in [3.8, 4) is 0 Å². The highest BCUT2D eigenvalue weighted by atomic mass is 16.7. The minimum Gasteiger partial charge on any atom is -0.346 e. The van der Waals surface area contributed by atoms with Crippen LogP contribution in [0, 0.1) is 0 Å². The lowest BCUT2D eigenvalue weighted by Crippen LogP contribution is -2.42. The smallest absolute Gasteiger partial charge is 0.178 e. The predicted octanol–water partition coefficient (Wildman–Crippen LogP) is 3.63. The van der Waals surface area contributed by atoms with Crippen molar-refractivity contribution in [3.63, 3.8) is 0 Å². The first-order valence-corrected chi connectivity index (χ1v) is 6.12. The summed E-state index contributed by atoms with van der Waals surface area (Å²) in [6.07, 6.45) is 4.95. The van der Waals surface area contributed by atoms with Crippen LogP contribution >= 0.6 is 0 Å². The summed E-state index contributed by atoms with van der Waals surface area (Å²) in [6, 6.07) is 10.2. The van der Waals surface area contributed by atoms with E-state index in [0.717, 1.165) is 12.0 Å². The second-order valence-corrected chi connectivity index (χ2v) is 5.17. The molecule has 1 saturated heterocycles. The fraction of sp³-hybridized carbons (Fsp3) is 0.467. The zero-order chi connectivity index (χ0) is 12.3. The zero-order valence-electron chi connectivity index (χ0n) is 10.7. The van der Waals surface area contributed by atoms with Gasteiger partial charge < -0.3 is 9.47 Å². The second-order valence-electron chi connectivity index (χ2n) is 5.17. The van der Waals surface area contributed by atoms with Gasteiger partial charge in [0.2, 0.25) is 0 Å². The second kappa shape index (κ2) is 5.03. The van der Waals surface area contributed by atoms with Crippen LogP contribution < -0.4 is 0 Å². The monoisotopic (exact) mass is 232 g/mol. The molecule has 2 unspecified atom stereocenters. The minimum absolute atomic E-state index is 0.108. The molecule has 0 spiro atoms. The van der Waals surface area contributed by atoms with Gasteiger partial charge in [-0.05, 0) is 32.4 Å². The lowest BCUT2D eigenvalue weighted by molar-refractivity contribution is -0.246. The number of rotatable bonds is 2. The van der Waals surface area contributed by atoms with Crippen molar-refractivity contribution in [1.82, 2.24) is 0 Å². The fourth-order valence-corrected chi connectivity index (χ4v) is 2.20. The van der Waals surface area contributed by atoms with E-state index in [2.05, 4.69) is 32.9 Å². The van der Waals surface area contributed by atoms with Gasteiger partial charge in [-0.15, -0.1) is 0 Å². The van der Waals surface area contributed by atoms with Gasteiger partial charge >= 0.3 is 0 Å². The Hall–Kier alpha value is -1.12. The molecule has 1 fully saturated rings. The Kier molecular flexibility index (Phi) is 3.65. The molecule has 92 valence electrons. The molecular weight excluding hydrogens is 212 g/mol. The van der Waals surface area contributed by atoms with Crippen molar-refractivity contribution >= 4 is 6.08 Å². The zero-order valence-corrected chi connectivity index (χ0v) is 10.7. The highest BCUT2D eigenvalue weighted by Gasteiger charge is 2.31. The Morgan fingerprint density at radius 1 is 1.24 bits per heavy atom. The van der Waals surface area contributed by atoms with Crippen molar-refractivity contribution in [3.05, 3.63) is 42.0 Å². The van der Waals surface area contributed by atoms with E-state index < -0.39 is 0 Å². The molecule has 0 amide bonds. The van der Waals surface area contributed by atoms with E-state index in [1.807, 2.05) is 30.4 Å².